The van der Waals surface area contributed by atoms with Gasteiger partial charge in [-0.25, -0.2) is 4.79 Å². The lowest BCUT2D eigenvalue weighted by Crippen LogP contribution is -2.40. The van der Waals surface area contributed by atoms with Crippen molar-refractivity contribution in [3.8, 4) is 0 Å². The number of carbonyl (C=O) groups is 1. The highest BCUT2D eigenvalue weighted by molar-refractivity contribution is 7.99. The predicted octanol–water partition coefficient (Wildman–Crippen LogP) is 4.06. The molecule has 0 bridgehead atoms. The van der Waals surface area contributed by atoms with Crippen molar-refractivity contribution < 1.29 is 18.0 Å². The Hall–Kier alpha value is -1.12. The summed E-state index contributed by atoms with van der Waals surface area (Å²) in [5, 5.41) is 6.23. The summed E-state index contributed by atoms with van der Waals surface area (Å²) in [7, 11) is 1.41. The highest BCUT2D eigenvalue weighted by Crippen LogP contribution is 2.37. The van der Waals surface area contributed by atoms with Gasteiger partial charge in [0.05, 0.1) is 12.6 Å². The van der Waals surface area contributed by atoms with Gasteiger partial charge in [0.25, 0.3) is 0 Å². The molecule has 0 saturated heterocycles. The zero-order valence-electron chi connectivity index (χ0n) is 13.8. The number of fused-ring (bicyclic) bond motifs is 1. The van der Waals surface area contributed by atoms with E-state index in [1.54, 1.807) is 11.8 Å². The Kier molecular flexibility index (Phi) is 7.27. The minimum absolute atomic E-state index is 0.108. The number of halogens is 4. The predicted molar refractivity (Wildman–Crippen MR) is 94.2 cm³/mol. The normalized spacial score (nSPS) is 17.3. The van der Waals surface area contributed by atoms with E-state index in [0.29, 0.717) is 18.0 Å². The molecule has 1 aliphatic heterocycles. The van der Waals surface area contributed by atoms with Gasteiger partial charge in [-0.15, -0.1) is 11.8 Å². The molecule has 0 unspecified atom stereocenters. The molecule has 140 valence electrons. The molecule has 2 rings (SSSR count). The van der Waals surface area contributed by atoms with Crippen LogP contribution < -0.4 is 10.6 Å². The monoisotopic (exact) mass is 395 g/mol. The molecule has 1 heterocycles. The van der Waals surface area contributed by atoms with E-state index in [1.165, 1.54) is 11.9 Å². The third-order valence-corrected chi connectivity index (χ3v) is 5.13. The summed E-state index contributed by atoms with van der Waals surface area (Å²) < 4.78 is 36.7. The van der Waals surface area contributed by atoms with Gasteiger partial charge in [-0.05, 0) is 50.2 Å². The van der Waals surface area contributed by atoms with Crippen LogP contribution in [0.1, 0.15) is 24.4 Å². The average Bonchev–Trinajstić information content (AvgIpc) is 2.50. The molecule has 0 aromatic heterocycles. The molecule has 25 heavy (non-hydrogen) atoms. The van der Waals surface area contributed by atoms with Crippen molar-refractivity contribution >= 4 is 29.4 Å². The first kappa shape index (κ1) is 20.2. The first-order valence-electron chi connectivity index (χ1n) is 7.96. The van der Waals surface area contributed by atoms with Crippen LogP contribution in [0.25, 0.3) is 0 Å². The summed E-state index contributed by atoms with van der Waals surface area (Å²) in [4.78, 5) is 14.3. The number of urea groups is 1. The highest BCUT2D eigenvalue weighted by atomic mass is 35.5. The number of nitrogens with zero attached hydrogens (tertiary/aromatic N) is 1. The summed E-state index contributed by atoms with van der Waals surface area (Å²) in [6.45, 7) is -0.368. The summed E-state index contributed by atoms with van der Waals surface area (Å²) in [5.74, 6) is 0.905. The van der Waals surface area contributed by atoms with E-state index < -0.39 is 12.7 Å². The van der Waals surface area contributed by atoms with Crippen molar-refractivity contribution in [2.24, 2.45) is 0 Å². The largest absolute Gasteiger partial charge is 0.401 e. The molecule has 2 amide bonds. The van der Waals surface area contributed by atoms with Crippen LogP contribution in [0.2, 0.25) is 5.02 Å². The maximum absolute atomic E-state index is 12.2. The van der Waals surface area contributed by atoms with Crippen molar-refractivity contribution in [1.29, 1.82) is 0 Å². The Morgan fingerprint density at radius 1 is 1.44 bits per heavy atom. The highest BCUT2D eigenvalue weighted by Gasteiger charge is 2.28. The SMILES string of the molecule is CN(CCCNC(=O)N[C@H]1CCSc2ccc(Cl)cc21)CC(F)(F)F. The van der Waals surface area contributed by atoms with Crippen molar-refractivity contribution in [3.63, 3.8) is 0 Å². The van der Waals surface area contributed by atoms with E-state index in [1.807, 2.05) is 18.2 Å². The minimum Gasteiger partial charge on any atom is -0.338 e. The van der Waals surface area contributed by atoms with E-state index in [9.17, 15) is 18.0 Å². The van der Waals surface area contributed by atoms with Crippen molar-refractivity contribution in [3.05, 3.63) is 28.8 Å². The molecule has 0 radical (unpaired) electrons. The van der Waals surface area contributed by atoms with Crippen LogP contribution in [0.15, 0.2) is 23.1 Å². The average molecular weight is 396 g/mol. The van der Waals surface area contributed by atoms with Gasteiger partial charge < -0.3 is 10.6 Å². The Morgan fingerprint density at radius 2 is 2.20 bits per heavy atom. The van der Waals surface area contributed by atoms with Gasteiger partial charge in [0.2, 0.25) is 0 Å². The van der Waals surface area contributed by atoms with E-state index >= 15 is 0 Å². The van der Waals surface area contributed by atoms with E-state index in [2.05, 4.69) is 10.6 Å². The van der Waals surface area contributed by atoms with Gasteiger partial charge >= 0.3 is 12.2 Å². The molecule has 1 aromatic rings. The number of hydrogen-bond donors (Lipinski definition) is 2. The molecule has 0 spiro atoms. The molecule has 1 aromatic carbocycles. The molecule has 0 aliphatic carbocycles. The molecule has 1 aliphatic rings. The Morgan fingerprint density at radius 3 is 2.92 bits per heavy atom. The maximum Gasteiger partial charge on any atom is 0.401 e. The number of benzene rings is 1. The zero-order chi connectivity index (χ0) is 18.4. The van der Waals surface area contributed by atoms with Crippen LogP contribution in [0.3, 0.4) is 0 Å². The lowest BCUT2D eigenvalue weighted by molar-refractivity contribution is -0.143. The first-order valence-corrected chi connectivity index (χ1v) is 9.33. The second-order valence-electron chi connectivity index (χ2n) is 5.98. The zero-order valence-corrected chi connectivity index (χ0v) is 15.4. The van der Waals surface area contributed by atoms with Gasteiger partial charge in [0.15, 0.2) is 0 Å². The number of amides is 2. The van der Waals surface area contributed by atoms with Crippen LogP contribution in [-0.4, -0.2) is 49.5 Å². The van der Waals surface area contributed by atoms with Crippen LogP contribution >= 0.6 is 23.4 Å². The summed E-state index contributed by atoms with van der Waals surface area (Å²) >= 11 is 7.76. The summed E-state index contributed by atoms with van der Waals surface area (Å²) in [6.07, 6.45) is -2.95. The Labute approximate surface area is 154 Å². The third-order valence-electron chi connectivity index (χ3n) is 3.77. The van der Waals surface area contributed by atoms with E-state index in [4.69, 9.17) is 11.6 Å². The van der Waals surface area contributed by atoms with Crippen molar-refractivity contribution in [2.45, 2.75) is 30.0 Å². The topological polar surface area (TPSA) is 44.4 Å². The number of thioether (sulfide) groups is 1. The van der Waals surface area contributed by atoms with Gasteiger partial charge in [-0.3, -0.25) is 4.90 Å². The molecule has 2 N–H and O–H groups in total. The van der Waals surface area contributed by atoms with Crippen LogP contribution in [0, 0.1) is 0 Å². The number of alkyl halides is 3. The van der Waals surface area contributed by atoms with Gasteiger partial charge in [-0.1, -0.05) is 11.6 Å². The Bertz CT molecular complexity index is 600. The molecule has 4 nitrogen and oxygen atoms in total. The lowest BCUT2D eigenvalue weighted by atomic mass is 10.0. The second-order valence-corrected chi connectivity index (χ2v) is 7.55. The lowest BCUT2D eigenvalue weighted by Gasteiger charge is -2.26. The molecular formula is C16H21ClF3N3OS. The number of nitrogens with one attached hydrogen (secondary N) is 2. The standard InChI is InChI=1S/C16H21ClF3N3OS/c1-23(10-16(18,19)20)7-2-6-21-15(24)22-13-5-8-25-14-4-3-11(17)9-12(13)14/h3-4,9,13H,2,5-8,10H2,1H3,(H2,21,22,24)/t13-/m0/s1. The Balaban J connectivity index is 1.74. The second kappa shape index (κ2) is 9.00. The number of hydrogen-bond acceptors (Lipinski definition) is 3. The van der Waals surface area contributed by atoms with Gasteiger partial charge in [-0.2, -0.15) is 13.2 Å². The van der Waals surface area contributed by atoms with E-state index in [-0.39, 0.29) is 18.6 Å². The van der Waals surface area contributed by atoms with Crippen LogP contribution in [0.4, 0.5) is 18.0 Å². The summed E-state index contributed by atoms with van der Waals surface area (Å²) in [5.41, 5.74) is 1.00. The maximum atomic E-state index is 12.2. The van der Waals surface area contributed by atoms with Gasteiger partial charge in [0, 0.05) is 22.2 Å². The molecular weight excluding hydrogens is 375 g/mol. The molecule has 0 saturated carbocycles. The fraction of sp³-hybridized carbons (Fsp3) is 0.562. The molecule has 9 heteroatoms. The molecule has 0 fully saturated rings. The van der Waals surface area contributed by atoms with Crippen molar-refractivity contribution in [1.82, 2.24) is 15.5 Å². The smallest absolute Gasteiger partial charge is 0.338 e. The summed E-state index contributed by atoms with van der Waals surface area (Å²) in [6, 6.07) is 5.21. The first-order chi connectivity index (χ1) is 11.7. The minimum atomic E-state index is -4.20. The quantitative estimate of drug-likeness (QED) is 0.714. The number of rotatable bonds is 6. The fourth-order valence-electron chi connectivity index (χ4n) is 2.66. The van der Waals surface area contributed by atoms with Crippen LogP contribution in [-0.2, 0) is 0 Å². The van der Waals surface area contributed by atoms with Gasteiger partial charge in [0.1, 0.15) is 0 Å². The van der Waals surface area contributed by atoms with Crippen molar-refractivity contribution in [2.75, 3.05) is 32.4 Å². The van der Waals surface area contributed by atoms with Crippen LogP contribution in [0.5, 0.6) is 0 Å². The fourth-order valence-corrected chi connectivity index (χ4v) is 3.95. The third kappa shape index (κ3) is 6.95. The van der Waals surface area contributed by atoms with E-state index in [0.717, 1.165) is 22.6 Å². The molecule has 1 atom stereocenters. The number of carbonyl (C=O) groups excluding carboxylic acids is 1.